The van der Waals surface area contributed by atoms with Gasteiger partial charge in [-0.2, -0.15) is 5.26 Å². The first-order valence-corrected chi connectivity index (χ1v) is 6.57. The third-order valence-electron chi connectivity index (χ3n) is 3.00. The van der Waals surface area contributed by atoms with E-state index in [1.165, 1.54) is 31.4 Å². The molecule has 0 aliphatic carbocycles. The molecule has 7 heteroatoms. The van der Waals surface area contributed by atoms with E-state index in [1.54, 1.807) is 6.92 Å². The van der Waals surface area contributed by atoms with Gasteiger partial charge >= 0.3 is 5.97 Å². The van der Waals surface area contributed by atoms with Crippen molar-refractivity contribution in [3.8, 4) is 6.07 Å². The first kappa shape index (κ1) is 17.2. The summed E-state index contributed by atoms with van der Waals surface area (Å²) in [5.74, 6) is -2.28. The molecule has 1 aromatic carbocycles. The van der Waals surface area contributed by atoms with Crippen LogP contribution in [0.5, 0.6) is 0 Å². The molecule has 2 amide bonds. The van der Waals surface area contributed by atoms with Crippen LogP contribution >= 0.6 is 0 Å². The Morgan fingerprint density at radius 2 is 2.00 bits per heavy atom. The second-order valence-corrected chi connectivity index (χ2v) is 4.77. The number of nitriles is 1. The lowest BCUT2D eigenvalue weighted by Gasteiger charge is -2.16. The minimum absolute atomic E-state index is 0.119. The van der Waals surface area contributed by atoms with E-state index in [4.69, 9.17) is 11.0 Å². The number of nitrogens with one attached hydrogen (secondary N) is 1. The highest BCUT2D eigenvalue weighted by atomic mass is 16.5. The zero-order valence-electron chi connectivity index (χ0n) is 12.3. The Morgan fingerprint density at radius 1 is 1.36 bits per heavy atom. The third-order valence-corrected chi connectivity index (χ3v) is 3.00. The summed E-state index contributed by atoms with van der Waals surface area (Å²) in [5.41, 5.74) is 5.64. The largest absolute Gasteiger partial charge is 0.465 e. The van der Waals surface area contributed by atoms with Crippen LogP contribution in [-0.2, 0) is 9.53 Å². The number of carbonyl (C=O) groups excluding carboxylic acids is 3. The topological polar surface area (TPSA) is 122 Å². The van der Waals surface area contributed by atoms with Crippen molar-refractivity contribution < 1.29 is 19.1 Å². The quantitative estimate of drug-likeness (QED) is 0.745. The van der Waals surface area contributed by atoms with E-state index in [0.29, 0.717) is 0 Å². The Kier molecular flexibility index (Phi) is 6.08. The van der Waals surface area contributed by atoms with Crippen LogP contribution in [0.1, 0.15) is 34.1 Å². The molecule has 0 radical (unpaired) electrons. The van der Waals surface area contributed by atoms with Gasteiger partial charge in [-0.15, -0.1) is 0 Å². The third kappa shape index (κ3) is 4.59. The maximum Gasteiger partial charge on any atom is 0.337 e. The molecule has 0 saturated carbocycles. The summed E-state index contributed by atoms with van der Waals surface area (Å²) in [6, 6.07) is 6.90. The molecule has 1 aromatic rings. The van der Waals surface area contributed by atoms with E-state index >= 15 is 0 Å². The van der Waals surface area contributed by atoms with E-state index in [1.807, 2.05) is 6.07 Å². The van der Waals surface area contributed by atoms with Crippen molar-refractivity contribution in [2.75, 3.05) is 7.11 Å². The first-order valence-electron chi connectivity index (χ1n) is 6.57. The normalized spacial score (nSPS) is 12.6. The standard InChI is InChI=1S/C15H17N3O4/c1-9(8-16)6-12(13(17)19)18-14(20)10-4-3-5-11(7-10)15(21)22-2/h3-5,7,9,12H,6H2,1-2H3,(H2,17,19)(H,18,20)/t9-,12-/m0/s1. The number of carbonyl (C=O) groups is 3. The van der Waals surface area contributed by atoms with Gasteiger partial charge in [0.05, 0.1) is 18.7 Å². The molecule has 22 heavy (non-hydrogen) atoms. The van der Waals surface area contributed by atoms with Crippen molar-refractivity contribution in [1.82, 2.24) is 5.32 Å². The van der Waals surface area contributed by atoms with Crippen molar-refractivity contribution >= 4 is 17.8 Å². The van der Waals surface area contributed by atoms with Gasteiger partial charge in [0.25, 0.3) is 5.91 Å². The van der Waals surface area contributed by atoms with E-state index in [0.717, 1.165) is 0 Å². The van der Waals surface area contributed by atoms with E-state index in [9.17, 15) is 14.4 Å². The highest BCUT2D eigenvalue weighted by Crippen LogP contribution is 2.09. The highest BCUT2D eigenvalue weighted by Gasteiger charge is 2.22. The molecule has 116 valence electrons. The number of nitrogens with zero attached hydrogens (tertiary/aromatic N) is 1. The molecular weight excluding hydrogens is 286 g/mol. The lowest BCUT2D eigenvalue weighted by atomic mass is 10.0. The summed E-state index contributed by atoms with van der Waals surface area (Å²) in [6.45, 7) is 1.62. The Morgan fingerprint density at radius 3 is 2.55 bits per heavy atom. The molecular formula is C15H17N3O4. The lowest BCUT2D eigenvalue weighted by Crippen LogP contribution is -2.45. The van der Waals surface area contributed by atoms with Crippen LogP contribution < -0.4 is 11.1 Å². The molecule has 1 rings (SSSR count). The van der Waals surface area contributed by atoms with Gasteiger partial charge in [-0.05, 0) is 31.5 Å². The predicted molar refractivity (Wildman–Crippen MR) is 77.6 cm³/mol. The summed E-state index contributed by atoms with van der Waals surface area (Å²) in [7, 11) is 1.24. The van der Waals surface area contributed by atoms with E-state index in [-0.39, 0.29) is 17.5 Å². The fraction of sp³-hybridized carbons (Fsp3) is 0.333. The number of esters is 1. The van der Waals surface area contributed by atoms with Gasteiger partial charge in [0.1, 0.15) is 6.04 Å². The maximum atomic E-state index is 12.1. The molecule has 7 nitrogen and oxygen atoms in total. The van der Waals surface area contributed by atoms with Crippen LogP contribution in [0.25, 0.3) is 0 Å². The van der Waals surface area contributed by atoms with Gasteiger partial charge in [0.15, 0.2) is 0 Å². The van der Waals surface area contributed by atoms with Gasteiger partial charge in [0, 0.05) is 11.5 Å². The van der Waals surface area contributed by atoms with Crippen molar-refractivity contribution in [3.63, 3.8) is 0 Å². The minimum Gasteiger partial charge on any atom is -0.465 e. The number of hydrogen-bond acceptors (Lipinski definition) is 5. The van der Waals surface area contributed by atoms with Gasteiger partial charge < -0.3 is 15.8 Å². The molecule has 0 saturated heterocycles. The smallest absolute Gasteiger partial charge is 0.337 e. The fourth-order valence-corrected chi connectivity index (χ4v) is 1.80. The molecule has 0 spiro atoms. The lowest BCUT2D eigenvalue weighted by molar-refractivity contribution is -0.120. The number of rotatable bonds is 6. The van der Waals surface area contributed by atoms with E-state index in [2.05, 4.69) is 10.1 Å². The van der Waals surface area contributed by atoms with Gasteiger partial charge in [-0.25, -0.2) is 4.79 Å². The van der Waals surface area contributed by atoms with Crippen molar-refractivity contribution in [1.29, 1.82) is 5.26 Å². The molecule has 0 bridgehead atoms. The molecule has 0 aliphatic rings. The van der Waals surface area contributed by atoms with Crippen molar-refractivity contribution in [2.45, 2.75) is 19.4 Å². The number of primary amides is 1. The first-order chi connectivity index (χ1) is 10.4. The molecule has 0 aromatic heterocycles. The fourth-order valence-electron chi connectivity index (χ4n) is 1.80. The zero-order chi connectivity index (χ0) is 16.7. The monoisotopic (exact) mass is 303 g/mol. The van der Waals surface area contributed by atoms with Crippen LogP contribution in [-0.4, -0.2) is 30.9 Å². The number of hydrogen-bond donors (Lipinski definition) is 2. The van der Waals surface area contributed by atoms with Crippen LogP contribution in [0.4, 0.5) is 0 Å². The molecule has 0 fully saturated rings. The summed E-state index contributed by atoms with van der Waals surface area (Å²) in [5, 5.41) is 11.2. The zero-order valence-corrected chi connectivity index (χ0v) is 12.3. The summed E-state index contributed by atoms with van der Waals surface area (Å²) in [6.07, 6.45) is 0.119. The van der Waals surface area contributed by atoms with Crippen LogP contribution in [0.2, 0.25) is 0 Å². The Bertz CT molecular complexity index is 621. The number of ether oxygens (including phenoxy) is 1. The Balaban J connectivity index is 2.89. The number of methoxy groups -OCH3 is 1. The van der Waals surface area contributed by atoms with Crippen LogP contribution in [0.3, 0.4) is 0 Å². The maximum absolute atomic E-state index is 12.1. The SMILES string of the molecule is COC(=O)c1cccc(C(=O)N[C@@H](C[C@H](C)C#N)C(N)=O)c1. The molecule has 0 aliphatic heterocycles. The average molecular weight is 303 g/mol. The van der Waals surface area contributed by atoms with Gasteiger partial charge in [-0.1, -0.05) is 6.07 Å². The molecule has 0 unspecified atom stereocenters. The van der Waals surface area contributed by atoms with Crippen LogP contribution in [0.15, 0.2) is 24.3 Å². The van der Waals surface area contributed by atoms with Crippen LogP contribution in [0, 0.1) is 17.2 Å². The number of nitrogens with two attached hydrogens (primary N) is 1. The molecule has 2 atom stereocenters. The second-order valence-electron chi connectivity index (χ2n) is 4.77. The van der Waals surface area contributed by atoms with Crippen molar-refractivity contribution in [3.05, 3.63) is 35.4 Å². The number of benzene rings is 1. The Labute approximate surface area is 128 Å². The van der Waals surface area contributed by atoms with Gasteiger partial charge in [0.2, 0.25) is 5.91 Å². The highest BCUT2D eigenvalue weighted by molar-refractivity contribution is 5.99. The van der Waals surface area contributed by atoms with Crippen molar-refractivity contribution in [2.24, 2.45) is 11.7 Å². The molecule has 3 N–H and O–H groups in total. The number of amides is 2. The van der Waals surface area contributed by atoms with Gasteiger partial charge in [-0.3, -0.25) is 9.59 Å². The molecule has 0 heterocycles. The predicted octanol–water partition coefficient (Wildman–Crippen LogP) is 0.607. The average Bonchev–Trinajstić information content (AvgIpc) is 2.53. The second kappa shape index (κ2) is 7.78. The summed E-state index contributed by atoms with van der Waals surface area (Å²) in [4.78, 5) is 34.9. The van der Waals surface area contributed by atoms with E-state index < -0.39 is 29.7 Å². The Hall–Kier alpha value is -2.88. The minimum atomic E-state index is -0.955. The summed E-state index contributed by atoms with van der Waals surface area (Å²) >= 11 is 0. The summed E-state index contributed by atoms with van der Waals surface area (Å²) < 4.78 is 4.58.